The summed E-state index contributed by atoms with van der Waals surface area (Å²) < 4.78 is 55.8. The van der Waals surface area contributed by atoms with Crippen molar-refractivity contribution >= 4 is 58.6 Å². The van der Waals surface area contributed by atoms with Crippen LogP contribution in [0.1, 0.15) is 32.6 Å². The van der Waals surface area contributed by atoms with Gasteiger partial charge in [-0.15, -0.1) is 0 Å². The van der Waals surface area contributed by atoms with Crippen LogP contribution in [-0.4, -0.2) is 118 Å². The van der Waals surface area contributed by atoms with Gasteiger partial charge in [0.15, 0.2) is 0 Å². The predicted molar refractivity (Wildman–Crippen MR) is 164 cm³/mol. The van der Waals surface area contributed by atoms with Crippen molar-refractivity contribution in [2.75, 3.05) is 58.1 Å². The predicted octanol–water partition coefficient (Wildman–Crippen LogP) is 1.83. The number of rotatable bonds is 9. The molecule has 42 heavy (non-hydrogen) atoms. The van der Waals surface area contributed by atoms with E-state index in [9.17, 15) is 26.4 Å². The van der Waals surface area contributed by atoms with Crippen molar-refractivity contribution in [3.8, 4) is 0 Å². The normalized spacial score (nSPS) is 23.1. The van der Waals surface area contributed by atoms with Gasteiger partial charge in [-0.3, -0.25) is 14.5 Å². The highest BCUT2D eigenvalue weighted by Gasteiger charge is 2.37. The molecule has 3 saturated heterocycles. The SMILES string of the molecule is CCS(=O)(=O)N1CCN(CC2CCCN2C(=O)CN2CCCC(NS(=O)(=O)c3ccc4cc(Br)ccc4c3)C2=O)CC1. The molecule has 0 radical (unpaired) electrons. The molecule has 0 aromatic heterocycles. The number of sulfonamides is 2. The van der Waals surface area contributed by atoms with Gasteiger partial charge in [-0.1, -0.05) is 28.1 Å². The van der Waals surface area contributed by atoms with Crippen LogP contribution in [0, 0.1) is 0 Å². The first-order valence-corrected chi connectivity index (χ1v) is 18.4. The Balaban J connectivity index is 1.17. The van der Waals surface area contributed by atoms with Gasteiger partial charge in [-0.05, 0) is 67.6 Å². The summed E-state index contributed by atoms with van der Waals surface area (Å²) in [6.07, 6.45) is 2.69. The molecule has 0 saturated carbocycles. The van der Waals surface area contributed by atoms with Gasteiger partial charge in [0.25, 0.3) is 0 Å². The summed E-state index contributed by atoms with van der Waals surface area (Å²) >= 11 is 3.42. The monoisotopic (exact) mass is 683 g/mol. The fourth-order valence-electron chi connectivity index (χ4n) is 6.10. The Morgan fingerprint density at radius 2 is 1.62 bits per heavy atom. The fourth-order valence-corrected chi connectivity index (χ4v) is 8.82. The van der Waals surface area contributed by atoms with Crippen LogP contribution in [0.4, 0.5) is 0 Å². The first-order valence-electron chi connectivity index (χ1n) is 14.5. The Hall–Kier alpha value is -2.10. The largest absolute Gasteiger partial charge is 0.337 e. The van der Waals surface area contributed by atoms with Gasteiger partial charge in [-0.2, -0.15) is 9.03 Å². The number of amides is 2. The number of fused-ring (bicyclic) bond motifs is 1. The first-order chi connectivity index (χ1) is 20.0. The van der Waals surface area contributed by atoms with E-state index in [2.05, 4.69) is 25.6 Å². The molecule has 3 heterocycles. The van der Waals surface area contributed by atoms with Crippen LogP contribution in [-0.2, 0) is 29.6 Å². The second-order valence-corrected chi connectivity index (χ2v) is 16.1. The number of hydrogen-bond acceptors (Lipinski definition) is 7. The Kier molecular flexibility index (Phi) is 9.60. The van der Waals surface area contributed by atoms with E-state index in [0.717, 1.165) is 28.1 Å². The number of piperazine rings is 1. The average Bonchev–Trinajstić information content (AvgIpc) is 3.43. The summed E-state index contributed by atoms with van der Waals surface area (Å²) in [6, 6.07) is 9.52. The molecule has 0 bridgehead atoms. The van der Waals surface area contributed by atoms with Gasteiger partial charge >= 0.3 is 0 Å². The summed E-state index contributed by atoms with van der Waals surface area (Å²) in [5.41, 5.74) is 0. The van der Waals surface area contributed by atoms with Crippen molar-refractivity contribution < 1.29 is 26.4 Å². The third-order valence-electron chi connectivity index (χ3n) is 8.49. The molecule has 3 aliphatic heterocycles. The highest BCUT2D eigenvalue weighted by molar-refractivity contribution is 9.10. The number of halogens is 1. The maximum atomic E-state index is 13.4. The van der Waals surface area contributed by atoms with E-state index in [0.29, 0.717) is 58.7 Å². The number of likely N-dealkylation sites (tertiary alicyclic amines) is 2. The molecule has 2 unspecified atom stereocenters. The van der Waals surface area contributed by atoms with Gasteiger partial charge in [0.05, 0.1) is 17.2 Å². The second kappa shape index (κ2) is 12.9. The quantitative estimate of drug-likeness (QED) is 0.427. The summed E-state index contributed by atoms with van der Waals surface area (Å²) in [5.74, 6) is -0.425. The minimum atomic E-state index is -3.95. The van der Waals surface area contributed by atoms with Crippen LogP contribution < -0.4 is 4.72 Å². The number of carbonyl (C=O) groups is 2. The van der Waals surface area contributed by atoms with Gasteiger partial charge in [-0.25, -0.2) is 16.8 Å². The molecular weight excluding hydrogens is 646 g/mol. The van der Waals surface area contributed by atoms with Gasteiger partial charge in [0, 0.05) is 56.3 Å². The third kappa shape index (κ3) is 6.99. The zero-order valence-electron chi connectivity index (χ0n) is 23.7. The first kappa shape index (κ1) is 31.3. The molecule has 11 nitrogen and oxygen atoms in total. The van der Waals surface area contributed by atoms with Gasteiger partial charge in [0.1, 0.15) is 6.04 Å². The molecule has 3 fully saturated rings. The van der Waals surface area contributed by atoms with E-state index in [1.54, 1.807) is 19.1 Å². The van der Waals surface area contributed by atoms with E-state index in [4.69, 9.17) is 0 Å². The van der Waals surface area contributed by atoms with Gasteiger partial charge < -0.3 is 9.80 Å². The Labute approximate surface area is 256 Å². The van der Waals surface area contributed by atoms with Crippen LogP contribution in [0.2, 0.25) is 0 Å². The van der Waals surface area contributed by atoms with E-state index in [1.165, 1.54) is 15.3 Å². The highest BCUT2D eigenvalue weighted by Crippen LogP contribution is 2.25. The average molecular weight is 685 g/mol. The number of carbonyl (C=O) groups excluding carboxylic acids is 2. The number of nitrogens with zero attached hydrogens (tertiary/aromatic N) is 4. The molecule has 0 spiro atoms. The van der Waals surface area contributed by atoms with Crippen molar-refractivity contribution in [1.82, 2.24) is 23.7 Å². The van der Waals surface area contributed by atoms with E-state index >= 15 is 0 Å². The molecule has 14 heteroatoms. The Morgan fingerprint density at radius 3 is 2.36 bits per heavy atom. The molecule has 2 atom stereocenters. The lowest BCUT2D eigenvalue weighted by Gasteiger charge is -2.37. The number of piperidine rings is 1. The lowest BCUT2D eigenvalue weighted by Crippen LogP contribution is -2.56. The fraction of sp³-hybridized carbons (Fsp3) is 0.571. The topological polar surface area (TPSA) is 127 Å². The molecule has 3 aliphatic rings. The summed E-state index contributed by atoms with van der Waals surface area (Å²) in [7, 11) is -7.15. The zero-order valence-corrected chi connectivity index (χ0v) is 27.0. The van der Waals surface area contributed by atoms with Crippen molar-refractivity contribution in [2.24, 2.45) is 0 Å². The van der Waals surface area contributed by atoms with Crippen LogP contribution in [0.5, 0.6) is 0 Å². The van der Waals surface area contributed by atoms with Crippen molar-refractivity contribution in [1.29, 1.82) is 0 Å². The lowest BCUT2D eigenvalue weighted by molar-refractivity contribution is -0.143. The summed E-state index contributed by atoms with van der Waals surface area (Å²) in [6.45, 7) is 5.41. The maximum absolute atomic E-state index is 13.4. The maximum Gasteiger partial charge on any atom is 0.242 e. The van der Waals surface area contributed by atoms with E-state index < -0.39 is 26.1 Å². The summed E-state index contributed by atoms with van der Waals surface area (Å²) in [4.78, 5) is 32.3. The zero-order chi connectivity index (χ0) is 30.1. The van der Waals surface area contributed by atoms with Crippen LogP contribution >= 0.6 is 15.9 Å². The smallest absolute Gasteiger partial charge is 0.242 e. The number of benzene rings is 2. The molecule has 0 aliphatic carbocycles. The van der Waals surface area contributed by atoms with Crippen LogP contribution in [0.25, 0.3) is 10.8 Å². The second-order valence-electron chi connectivity index (χ2n) is 11.2. The molecule has 230 valence electrons. The van der Waals surface area contributed by atoms with Gasteiger partial charge in [0.2, 0.25) is 31.9 Å². The molecule has 2 aromatic carbocycles. The van der Waals surface area contributed by atoms with E-state index in [1.807, 2.05) is 23.1 Å². The number of hydrogen-bond donors (Lipinski definition) is 1. The molecule has 1 N–H and O–H groups in total. The summed E-state index contributed by atoms with van der Waals surface area (Å²) in [5, 5.41) is 1.67. The molecule has 5 rings (SSSR count). The van der Waals surface area contributed by atoms with Crippen LogP contribution in [0.3, 0.4) is 0 Å². The van der Waals surface area contributed by atoms with Crippen molar-refractivity contribution in [2.45, 2.75) is 49.6 Å². The lowest BCUT2D eigenvalue weighted by atomic mass is 10.1. The Morgan fingerprint density at radius 1 is 0.929 bits per heavy atom. The minimum Gasteiger partial charge on any atom is -0.337 e. The van der Waals surface area contributed by atoms with Crippen molar-refractivity contribution in [3.63, 3.8) is 0 Å². The molecule has 2 aromatic rings. The minimum absolute atomic E-state index is 0.00884. The Bertz CT molecular complexity index is 1550. The standard InChI is InChI=1S/C28H38BrN5O6S2/c1-2-41(37,38)33-15-13-31(14-16-33)19-24-5-3-12-34(24)27(35)20-32-11-4-6-26(28(32)36)30-42(39,40)25-10-8-21-17-23(29)9-7-22(21)18-25/h7-10,17-18,24,26,30H,2-6,11-16,19-20H2,1H3. The molecular formula is C28H38BrN5O6S2. The molecule has 2 amide bonds. The van der Waals surface area contributed by atoms with Crippen LogP contribution in [0.15, 0.2) is 45.8 Å². The van der Waals surface area contributed by atoms with E-state index in [-0.39, 0.29) is 35.0 Å². The number of nitrogens with one attached hydrogen (secondary N) is 1. The highest BCUT2D eigenvalue weighted by atomic mass is 79.9. The van der Waals surface area contributed by atoms with Crippen molar-refractivity contribution in [3.05, 3.63) is 40.9 Å². The third-order valence-corrected chi connectivity index (χ3v) is 12.3.